The van der Waals surface area contributed by atoms with Gasteiger partial charge in [0, 0.05) is 37.1 Å². The predicted molar refractivity (Wildman–Crippen MR) is 104 cm³/mol. The number of piperidine rings is 1. The number of likely N-dealkylation sites (tertiary alicyclic amines) is 1. The van der Waals surface area contributed by atoms with Gasteiger partial charge in [0.2, 0.25) is 0 Å². The lowest BCUT2D eigenvalue weighted by atomic mass is 10.0. The van der Waals surface area contributed by atoms with E-state index in [-0.39, 0.29) is 0 Å². The van der Waals surface area contributed by atoms with E-state index in [0.717, 1.165) is 55.2 Å². The van der Waals surface area contributed by atoms with Crippen LogP contribution in [0, 0.1) is 0 Å². The van der Waals surface area contributed by atoms with Crippen LogP contribution in [0.4, 0.5) is 0 Å². The summed E-state index contributed by atoms with van der Waals surface area (Å²) in [6.45, 7) is 10.3. The topological polar surface area (TPSA) is 52.8 Å². The van der Waals surface area contributed by atoms with Gasteiger partial charge in [-0.05, 0) is 45.7 Å². The number of aliphatic imine (C=N–C) groups is 1. The first-order chi connectivity index (χ1) is 12.2. The molecular formula is C20H30N4O. The zero-order valence-electron chi connectivity index (χ0n) is 15.6. The van der Waals surface area contributed by atoms with Gasteiger partial charge in [-0.2, -0.15) is 0 Å². The first-order valence-electron chi connectivity index (χ1n) is 9.42. The van der Waals surface area contributed by atoms with Gasteiger partial charge in [0.15, 0.2) is 5.96 Å². The number of nitrogens with one attached hydrogen (secondary N) is 2. The summed E-state index contributed by atoms with van der Waals surface area (Å²) in [5, 5.41) is 8.07. The van der Waals surface area contributed by atoms with Crippen LogP contribution < -0.4 is 10.6 Å². The molecule has 0 spiro atoms. The van der Waals surface area contributed by atoms with E-state index in [2.05, 4.69) is 48.4 Å². The molecule has 5 nitrogen and oxygen atoms in total. The van der Waals surface area contributed by atoms with E-state index < -0.39 is 0 Å². The van der Waals surface area contributed by atoms with Crippen molar-refractivity contribution in [1.29, 1.82) is 0 Å². The van der Waals surface area contributed by atoms with Gasteiger partial charge in [-0.3, -0.25) is 0 Å². The number of rotatable bonds is 5. The first-order valence-corrected chi connectivity index (χ1v) is 9.42. The molecule has 2 heterocycles. The van der Waals surface area contributed by atoms with Crippen molar-refractivity contribution in [3.63, 3.8) is 0 Å². The van der Waals surface area contributed by atoms with Crippen LogP contribution in [0.5, 0.6) is 0 Å². The highest BCUT2D eigenvalue weighted by Crippen LogP contribution is 2.19. The molecule has 0 amide bonds. The van der Waals surface area contributed by atoms with Gasteiger partial charge in [0.05, 0.1) is 0 Å². The molecule has 25 heavy (non-hydrogen) atoms. The highest BCUT2D eigenvalue weighted by molar-refractivity contribution is 5.80. The normalized spacial score (nSPS) is 17.4. The molecule has 1 aromatic heterocycles. The Balaban J connectivity index is 1.59. The Kier molecular flexibility index (Phi) is 5.97. The summed E-state index contributed by atoms with van der Waals surface area (Å²) >= 11 is 0. The van der Waals surface area contributed by atoms with Crippen molar-refractivity contribution in [1.82, 2.24) is 15.5 Å². The van der Waals surface area contributed by atoms with Gasteiger partial charge in [-0.15, -0.1) is 0 Å². The van der Waals surface area contributed by atoms with Gasteiger partial charge >= 0.3 is 0 Å². The highest BCUT2D eigenvalue weighted by atomic mass is 16.3. The lowest BCUT2D eigenvalue weighted by molar-refractivity contribution is 0.167. The van der Waals surface area contributed by atoms with Crippen molar-refractivity contribution in [3.05, 3.63) is 36.1 Å². The molecule has 0 radical (unpaired) electrons. The van der Waals surface area contributed by atoms with Crippen molar-refractivity contribution < 1.29 is 4.42 Å². The molecule has 2 aromatic rings. The monoisotopic (exact) mass is 342 g/mol. The van der Waals surface area contributed by atoms with E-state index in [1.165, 1.54) is 0 Å². The van der Waals surface area contributed by atoms with Gasteiger partial charge in [0.25, 0.3) is 0 Å². The quantitative estimate of drug-likeness (QED) is 0.646. The zero-order valence-corrected chi connectivity index (χ0v) is 15.6. The summed E-state index contributed by atoms with van der Waals surface area (Å²) < 4.78 is 5.86. The fourth-order valence-electron chi connectivity index (χ4n) is 3.35. The second-order valence-corrected chi connectivity index (χ2v) is 6.99. The molecule has 0 aliphatic carbocycles. The molecule has 1 fully saturated rings. The van der Waals surface area contributed by atoms with E-state index in [0.29, 0.717) is 18.6 Å². The van der Waals surface area contributed by atoms with Gasteiger partial charge in [0.1, 0.15) is 17.9 Å². The molecule has 1 aliphatic rings. The molecule has 3 rings (SSSR count). The molecule has 0 saturated carbocycles. The third-order valence-corrected chi connectivity index (χ3v) is 4.81. The SMILES string of the molecule is CCNC(=NCc1cc2ccccc2o1)NC1CCN(C(C)C)CC1. The molecule has 2 N–H and O–H groups in total. The lowest BCUT2D eigenvalue weighted by Gasteiger charge is -2.35. The summed E-state index contributed by atoms with van der Waals surface area (Å²) in [6, 6.07) is 11.3. The molecule has 1 saturated heterocycles. The van der Waals surface area contributed by atoms with Crippen LogP contribution >= 0.6 is 0 Å². The Hall–Kier alpha value is -2.01. The van der Waals surface area contributed by atoms with Crippen molar-refractivity contribution >= 4 is 16.9 Å². The molecule has 0 bridgehead atoms. The number of hydrogen-bond donors (Lipinski definition) is 2. The Morgan fingerprint density at radius 3 is 2.72 bits per heavy atom. The molecule has 1 aromatic carbocycles. The minimum Gasteiger partial charge on any atom is -0.459 e. The van der Waals surface area contributed by atoms with Crippen LogP contribution in [-0.2, 0) is 6.54 Å². The Morgan fingerprint density at radius 2 is 2.04 bits per heavy atom. The smallest absolute Gasteiger partial charge is 0.191 e. The first kappa shape index (κ1) is 17.8. The van der Waals surface area contributed by atoms with Gasteiger partial charge in [-0.25, -0.2) is 4.99 Å². The minimum atomic E-state index is 0.489. The summed E-state index contributed by atoms with van der Waals surface area (Å²) in [6.07, 6.45) is 2.32. The Morgan fingerprint density at radius 1 is 1.28 bits per heavy atom. The maximum Gasteiger partial charge on any atom is 0.191 e. The van der Waals surface area contributed by atoms with Crippen molar-refractivity contribution in [2.75, 3.05) is 19.6 Å². The molecule has 136 valence electrons. The van der Waals surface area contributed by atoms with Crippen LogP contribution in [0.3, 0.4) is 0 Å². The van der Waals surface area contributed by atoms with Crippen molar-refractivity contribution in [2.24, 2.45) is 4.99 Å². The predicted octanol–water partition coefficient (Wildman–Crippen LogP) is 3.36. The van der Waals surface area contributed by atoms with E-state index in [1.54, 1.807) is 0 Å². The average Bonchev–Trinajstić information content (AvgIpc) is 3.03. The minimum absolute atomic E-state index is 0.489. The van der Waals surface area contributed by atoms with Crippen LogP contribution in [0.25, 0.3) is 11.0 Å². The van der Waals surface area contributed by atoms with Crippen LogP contribution in [0.15, 0.2) is 39.7 Å². The van der Waals surface area contributed by atoms with Crippen molar-refractivity contribution in [2.45, 2.75) is 52.2 Å². The fourth-order valence-corrected chi connectivity index (χ4v) is 3.35. The third kappa shape index (κ3) is 4.75. The maximum absolute atomic E-state index is 5.86. The third-order valence-electron chi connectivity index (χ3n) is 4.81. The summed E-state index contributed by atoms with van der Waals surface area (Å²) in [4.78, 5) is 7.25. The Bertz CT molecular complexity index is 666. The number of hydrogen-bond acceptors (Lipinski definition) is 3. The largest absolute Gasteiger partial charge is 0.459 e. The molecular weight excluding hydrogens is 312 g/mol. The fraction of sp³-hybridized carbons (Fsp3) is 0.550. The van der Waals surface area contributed by atoms with Crippen molar-refractivity contribution in [3.8, 4) is 0 Å². The standard InChI is InChI=1S/C20H30N4O/c1-4-21-20(23-17-9-11-24(12-10-17)15(2)3)22-14-18-13-16-7-5-6-8-19(16)25-18/h5-8,13,15,17H,4,9-12,14H2,1-3H3,(H2,21,22,23). The number of benzene rings is 1. The van der Waals surface area contributed by atoms with E-state index in [9.17, 15) is 0 Å². The lowest BCUT2D eigenvalue weighted by Crippen LogP contribution is -2.49. The number of fused-ring (bicyclic) bond motifs is 1. The molecule has 0 unspecified atom stereocenters. The van der Waals surface area contributed by atoms with E-state index in [4.69, 9.17) is 9.41 Å². The van der Waals surface area contributed by atoms with Crippen LogP contribution in [-0.4, -0.2) is 42.6 Å². The molecule has 1 aliphatic heterocycles. The second kappa shape index (κ2) is 8.39. The average molecular weight is 342 g/mol. The zero-order chi connectivity index (χ0) is 17.6. The summed E-state index contributed by atoms with van der Waals surface area (Å²) in [7, 11) is 0. The van der Waals surface area contributed by atoms with E-state index >= 15 is 0 Å². The Labute approximate surface area is 150 Å². The number of para-hydroxylation sites is 1. The van der Waals surface area contributed by atoms with Crippen LogP contribution in [0.2, 0.25) is 0 Å². The van der Waals surface area contributed by atoms with Crippen LogP contribution in [0.1, 0.15) is 39.4 Å². The second-order valence-electron chi connectivity index (χ2n) is 6.99. The number of furan rings is 1. The van der Waals surface area contributed by atoms with Gasteiger partial charge < -0.3 is 20.0 Å². The molecule has 0 atom stereocenters. The summed E-state index contributed by atoms with van der Waals surface area (Å²) in [5.74, 6) is 1.78. The summed E-state index contributed by atoms with van der Waals surface area (Å²) in [5.41, 5.74) is 0.923. The number of nitrogens with zero attached hydrogens (tertiary/aromatic N) is 2. The highest BCUT2D eigenvalue weighted by Gasteiger charge is 2.21. The maximum atomic E-state index is 5.86. The van der Waals surface area contributed by atoms with E-state index in [1.807, 2.05) is 18.2 Å². The number of guanidine groups is 1. The van der Waals surface area contributed by atoms with Gasteiger partial charge in [-0.1, -0.05) is 18.2 Å². The molecule has 5 heteroatoms.